The minimum Gasteiger partial charge on any atom is -0.493 e. The highest BCUT2D eigenvalue weighted by atomic mass is 35.5. The first-order chi connectivity index (χ1) is 16.5. The lowest BCUT2D eigenvalue weighted by atomic mass is 9.97. The van der Waals surface area contributed by atoms with Crippen LogP contribution in [0.25, 0.3) is 22.4 Å². The van der Waals surface area contributed by atoms with Gasteiger partial charge >= 0.3 is 0 Å². The number of piperidine rings is 1. The first-order valence-corrected chi connectivity index (χ1v) is 11.9. The Bertz CT molecular complexity index is 1340. The van der Waals surface area contributed by atoms with E-state index in [0.29, 0.717) is 36.4 Å². The monoisotopic (exact) mass is 474 g/mol. The number of halogens is 1. The van der Waals surface area contributed by atoms with E-state index < -0.39 is 0 Å². The highest BCUT2D eigenvalue weighted by molar-refractivity contribution is 6.29. The number of aromatic nitrogens is 3. The molecule has 1 amide bonds. The summed E-state index contributed by atoms with van der Waals surface area (Å²) in [4.78, 5) is 24.9. The third-order valence-electron chi connectivity index (χ3n) is 6.49. The Morgan fingerprint density at radius 3 is 2.71 bits per heavy atom. The maximum absolute atomic E-state index is 14.0. The lowest BCUT2D eigenvalue weighted by molar-refractivity contribution is 0.0635. The van der Waals surface area contributed by atoms with Crippen LogP contribution in [-0.4, -0.2) is 45.0 Å². The second-order valence-corrected chi connectivity index (χ2v) is 9.24. The lowest BCUT2D eigenvalue weighted by Gasteiger charge is -2.33. The SMILES string of the molecule is Cc1ccccc1OCC1CCCN(C(=O)c2c(-c3ccccc3)n(C)c3ncc(Cl)nc23)C1. The summed E-state index contributed by atoms with van der Waals surface area (Å²) >= 11 is 6.20. The molecule has 1 unspecified atom stereocenters. The Morgan fingerprint density at radius 2 is 1.91 bits per heavy atom. The number of carbonyl (C=O) groups is 1. The molecular weight excluding hydrogens is 448 g/mol. The number of ether oxygens (including phenoxy) is 1. The van der Waals surface area contributed by atoms with E-state index in [9.17, 15) is 4.79 Å². The number of hydrogen-bond donors (Lipinski definition) is 0. The Kier molecular flexibility index (Phi) is 6.24. The number of likely N-dealkylation sites (tertiary alicyclic amines) is 1. The molecule has 3 heterocycles. The molecule has 0 N–H and O–H groups in total. The van der Waals surface area contributed by atoms with Gasteiger partial charge in [-0.05, 0) is 37.0 Å². The molecule has 0 bridgehead atoms. The third kappa shape index (κ3) is 4.26. The van der Waals surface area contributed by atoms with E-state index in [4.69, 9.17) is 16.3 Å². The van der Waals surface area contributed by atoms with E-state index in [2.05, 4.69) is 9.97 Å². The normalized spacial score (nSPS) is 16.1. The van der Waals surface area contributed by atoms with Crippen molar-refractivity contribution in [1.82, 2.24) is 19.4 Å². The van der Waals surface area contributed by atoms with Crippen LogP contribution in [-0.2, 0) is 7.05 Å². The molecule has 1 fully saturated rings. The topological polar surface area (TPSA) is 60.2 Å². The van der Waals surface area contributed by atoms with E-state index in [1.54, 1.807) is 0 Å². The molecule has 2 aromatic heterocycles. The fourth-order valence-corrected chi connectivity index (χ4v) is 4.90. The van der Waals surface area contributed by atoms with Crippen molar-refractivity contribution < 1.29 is 9.53 Å². The van der Waals surface area contributed by atoms with Gasteiger partial charge in [0.15, 0.2) is 5.65 Å². The van der Waals surface area contributed by atoms with Gasteiger partial charge in [0.05, 0.1) is 24.1 Å². The van der Waals surface area contributed by atoms with E-state index in [0.717, 1.165) is 35.4 Å². The smallest absolute Gasteiger partial charge is 0.258 e. The average molecular weight is 475 g/mol. The molecular formula is C27H27ClN4O2. The van der Waals surface area contributed by atoms with Crippen molar-refractivity contribution in [3.05, 3.63) is 77.1 Å². The van der Waals surface area contributed by atoms with E-state index in [1.807, 2.05) is 78.0 Å². The van der Waals surface area contributed by atoms with Crippen molar-refractivity contribution in [1.29, 1.82) is 0 Å². The predicted octanol–water partition coefficient (Wildman–Crippen LogP) is 5.53. The average Bonchev–Trinajstić information content (AvgIpc) is 3.15. The van der Waals surface area contributed by atoms with Gasteiger partial charge in [-0.3, -0.25) is 4.79 Å². The van der Waals surface area contributed by atoms with Gasteiger partial charge in [0.25, 0.3) is 5.91 Å². The molecule has 0 aliphatic carbocycles. The van der Waals surface area contributed by atoms with Gasteiger partial charge in [0, 0.05) is 26.1 Å². The van der Waals surface area contributed by atoms with Gasteiger partial charge in [-0.2, -0.15) is 0 Å². The van der Waals surface area contributed by atoms with Crippen LogP contribution in [0.2, 0.25) is 5.15 Å². The Morgan fingerprint density at radius 1 is 1.15 bits per heavy atom. The highest BCUT2D eigenvalue weighted by Gasteiger charge is 2.31. The Hall–Kier alpha value is -3.38. The predicted molar refractivity (Wildman–Crippen MR) is 134 cm³/mol. The minimum atomic E-state index is -0.0402. The summed E-state index contributed by atoms with van der Waals surface area (Å²) in [6, 6.07) is 17.9. The zero-order valence-corrected chi connectivity index (χ0v) is 20.1. The first-order valence-electron chi connectivity index (χ1n) is 11.6. The van der Waals surface area contributed by atoms with Gasteiger partial charge < -0.3 is 14.2 Å². The highest BCUT2D eigenvalue weighted by Crippen LogP contribution is 2.34. The molecule has 1 saturated heterocycles. The van der Waals surface area contributed by atoms with Crippen LogP contribution in [0.3, 0.4) is 0 Å². The van der Waals surface area contributed by atoms with Gasteiger partial charge in [0.2, 0.25) is 0 Å². The van der Waals surface area contributed by atoms with Crippen molar-refractivity contribution in [2.75, 3.05) is 19.7 Å². The van der Waals surface area contributed by atoms with Crippen molar-refractivity contribution >= 4 is 28.7 Å². The van der Waals surface area contributed by atoms with E-state index >= 15 is 0 Å². The van der Waals surface area contributed by atoms with Gasteiger partial charge in [-0.1, -0.05) is 60.1 Å². The van der Waals surface area contributed by atoms with Crippen LogP contribution in [0.4, 0.5) is 0 Å². The third-order valence-corrected chi connectivity index (χ3v) is 6.67. The summed E-state index contributed by atoms with van der Waals surface area (Å²) in [6.45, 7) is 3.98. The number of benzene rings is 2. The molecule has 0 saturated carbocycles. The quantitative estimate of drug-likeness (QED) is 0.381. The summed E-state index contributed by atoms with van der Waals surface area (Å²) < 4.78 is 8.05. The molecule has 174 valence electrons. The number of nitrogens with zero attached hydrogens (tertiary/aromatic N) is 4. The molecule has 0 radical (unpaired) electrons. The van der Waals surface area contributed by atoms with Crippen LogP contribution < -0.4 is 4.74 Å². The molecule has 0 spiro atoms. The number of rotatable bonds is 5. The number of carbonyl (C=O) groups excluding carboxylic acids is 1. The molecule has 4 aromatic rings. The molecule has 34 heavy (non-hydrogen) atoms. The van der Waals surface area contributed by atoms with Gasteiger partial charge in [-0.15, -0.1) is 0 Å². The van der Waals surface area contributed by atoms with Crippen LogP contribution >= 0.6 is 11.6 Å². The van der Waals surface area contributed by atoms with Gasteiger partial charge in [-0.25, -0.2) is 9.97 Å². The minimum absolute atomic E-state index is 0.0402. The van der Waals surface area contributed by atoms with Crippen molar-refractivity contribution in [2.45, 2.75) is 19.8 Å². The molecule has 7 heteroatoms. The number of amides is 1. The van der Waals surface area contributed by atoms with Crippen molar-refractivity contribution in [3.63, 3.8) is 0 Å². The maximum atomic E-state index is 14.0. The second-order valence-electron chi connectivity index (χ2n) is 8.85. The van der Waals surface area contributed by atoms with Crippen LogP contribution in [0.5, 0.6) is 5.75 Å². The molecule has 6 nitrogen and oxygen atoms in total. The number of hydrogen-bond acceptors (Lipinski definition) is 4. The summed E-state index contributed by atoms with van der Waals surface area (Å²) in [5, 5.41) is 0.273. The zero-order chi connectivity index (χ0) is 23.7. The lowest BCUT2D eigenvalue weighted by Crippen LogP contribution is -2.41. The number of fused-ring (bicyclic) bond motifs is 1. The molecule has 1 aliphatic heterocycles. The van der Waals surface area contributed by atoms with Crippen molar-refractivity contribution in [2.24, 2.45) is 13.0 Å². The van der Waals surface area contributed by atoms with Crippen LogP contribution in [0, 0.1) is 12.8 Å². The standard InChI is InChI=1S/C27H27ClN4O2/c1-18-9-6-7-13-21(18)34-17-19-10-8-14-32(16-19)27(33)23-24-26(29-15-22(28)30-24)31(2)25(23)20-11-4-3-5-12-20/h3-7,9,11-13,15,19H,8,10,14,16-17H2,1-2H3. The fraction of sp³-hybridized carbons (Fsp3) is 0.296. The van der Waals surface area contributed by atoms with E-state index in [-0.39, 0.29) is 17.0 Å². The van der Waals surface area contributed by atoms with Crippen molar-refractivity contribution in [3.8, 4) is 17.0 Å². The molecule has 5 rings (SSSR count). The van der Waals surface area contributed by atoms with Crippen LogP contribution in [0.15, 0.2) is 60.8 Å². The Labute approximate surface area is 204 Å². The maximum Gasteiger partial charge on any atom is 0.258 e. The largest absolute Gasteiger partial charge is 0.493 e. The second kappa shape index (κ2) is 9.47. The summed E-state index contributed by atoms with van der Waals surface area (Å²) in [5.74, 6) is 1.13. The van der Waals surface area contributed by atoms with Crippen LogP contribution in [0.1, 0.15) is 28.8 Å². The summed E-state index contributed by atoms with van der Waals surface area (Å²) in [6.07, 6.45) is 3.49. The first kappa shape index (κ1) is 22.4. The number of para-hydroxylation sites is 1. The fourth-order valence-electron chi connectivity index (χ4n) is 4.77. The molecule has 1 aliphatic rings. The summed E-state index contributed by atoms with van der Waals surface area (Å²) in [7, 11) is 1.92. The molecule has 1 atom stereocenters. The molecule has 2 aromatic carbocycles. The van der Waals surface area contributed by atoms with Gasteiger partial charge in [0.1, 0.15) is 16.4 Å². The number of aryl methyl sites for hydroxylation is 2. The zero-order valence-electron chi connectivity index (χ0n) is 19.4. The van der Waals surface area contributed by atoms with E-state index in [1.165, 1.54) is 6.20 Å². The summed E-state index contributed by atoms with van der Waals surface area (Å²) in [5.41, 5.74) is 4.60. The Balaban J connectivity index is 1.46.